The fourth-order valence-corrected chi connectivity index (χ4v) is 3.39. The second kappa shape index (κ2) is 7.30. The second-order valence-electron chi connectivity index (χ2n) is 6.52. The van der Waals surface area contributed by atoms with Crippen molar-refractivity contribution in [3.63, 3.8) is 0 Å². The molecule has 0 bridgehead atoms. The molecule has 0 aliphatic carbocycles. The maximum atomic E-state index is 12.8. The predicted octanol–water partition coefficient (Wildman–Crippen LogP) is 0.752. The number of amides is 1. The van der Waals surface area contributed by atoms with E-state index in [1.54, 1.807) is 27.9 Å². The van der Waals surface area contributed by atoms with Crippen LogP contribution in [-0.4, -0.2) is 59.2 Å². The number of aryl methyl sites for hydroxylation is 1. The molecule has 27 heavy (non-hydrogen) atoms. The number of carbonyl (C=O) groups is 1. The molecular weight excluding hydrogens is 348 g/mol. The van der Waals surface area contributed by atoms with Gasteiger partial charge < -0.3 is 23.8 Å². The number of piperazine rings is 1. The first-order chi connectivity index (χ1) is 13.2. The molecule has 1 amide bonds. The minimum Gasteiger partial charge on any atom is -0.485 e. The smallest absolute Gasteiger partial charge is 0.293 e. The number of rotatable bonds is 3. The molecule has 2 aliphatic rings. The van der Waals surface area contributed by atoms with Gasteiger partial charge in [0.2, 0.25) is 6.10 Å². The van der Waals surface area contributed by atoms with Gasteiger partial charge in [0.15, 0.2) is 17.3 Å². The van der Waals surface area contributed by atoms with Crippen molar-refractivity contribution in [1.29, 1.82) is 0 Å². The Labute approximate surface area is 156 Å². The van der Waals surface area contributed by atoms with E-state index in [1.807, 2.05) is 30.0 Å². The van der Waals surface area contributed by atoms with Gasteiger partial charge in [-0.05, 0) is 19.1 Å². The number of anilines is 1. The van der Waals surface area contributed by atoms with Gasteiger partial charge in [0.25, 0.3) is 11.5 Å². The number of para-hydroxylation sites is 2. The number of aromatic nitrogens is 2. The molecule has 8 heteroatoms. The fraction of sp³-hybridized carbons (Fsp3) is 0.421. The van der Waals surface area contributed by atoms with Gasteiger partial charge in [0, 0.05) is 45.1 Å². The lowest BCUT2D eigenvalue weighted by Gasteiger charge is -2.37. The van der Waals surface area contributed by atoms with Crippen LogP contribution in [0.1, 0.15) is 6.92 Å². The predicted molar refractivity (Wildman–Crippen MR) is 99.3 cm³/mol. The largest absolute Gasteiger partial charge is 0.485 e. The van der Waals surface area contributed by atoms with Gasteiger partial charge in [-0.15, -0.1) is 0 Å². The molecule has 2 aromatic rings. The molecule has 2 aliphatic heterocycles. The minimum absolute atomic E-state index is 0.0869. The van der Waals surface area contributed by atoms with Crippen LogP contribution >= 0.6 is 0 Å². The lowest BCUT2D eigenvalue weighted by atomic mass is 10.2. The summed E-state index contributed by atoms with van der Waals surface area (Å²) in [5.74, 6) is 1.61. The Morgan fingerprint density at radius 1 is 1.19 bits per heavy atom. The highest BCUT2D eigenvalue weighted by Crippen LogP contribution is 2.31. The van der Waals surface area contributed by atoms with Crippen LogP contribution in [0.4, 0.5) is 5.82 Å². The summed E-state index contributed by atoms with van der Waals surface area (Å²) in [6.45, 7) is 4.89. The van der Waals surface area contributed by atoms with Crippen LogP contribution in [0.25, 0.3) is 0 Å². The molecule has 4 rings (SSSR count). The molecule has 8 nitrogen and oxygen atoms in total. The summed E-state index contributed by atoms with van der Waals surface area (Å²) in [6.07, 6.45) is 2.69. The molecule has 1 atom stereocenters. The highest BCUT2D eigenvalue weighted by atomic mass is 16.6. The Balaban J connectivity index is 1.40. The van der Waals surface area contributed by atoms with Crippen molar-refractivity contribution in [2.75, 3.05) is 37.7 Å². The summed E-state index contributed by atoms with van der Waals surface area (Å²) in [5.41, 5.74) is -0.0969. The molecule has 0 radical (unpaired) electrons. The molecule has 0 N–H and O–H groups in total. The highest BCUT2D eigenvalue weighted by Gasteiger charge is 2.33. The van der Waals surface area contributed by atoms with E-state index in [9.17, 15) is 9.59 Å². The average Bonchev–Trinajstić information content (AvgIpc) is 2.73. The van der Waals surface area contributed by atoms with Crippen LogP contribution in [0.15, 0.2) is 41.5 Å². The summed E-state index contributed by atoms with van der Waals surface area (Å²) < 4.78 is 13.1. The number of nitrogens with zero attached hydrogens (tertiary/aromatic N) is 4. The van der Waals surface area contributed by atoms with Crippen molar-refractivity contribution in [2.24, 2.45) is 0 Å². The first-order valence-corrected chi connectivity index (χ1v) is 9.15. The maximum absolute atomic E-state index is 12.8. The van der Waals surface area contributed by atoms with Gasteiger partial charge in [-0.2, -0.15) is 0 Å². The molecule has 1 aromatic carbocycles. The first-order valence-electron chi connectivity index (χ1n) is 9.15. The molecule has 0 saturated carbocycles. The Morgan fingerprint density at radius 2 is 1.93 bits per heavy atom. The Morgan fingerprint density at radius 3 is 2.67 bits per heavy atom. The number of ether oxygens (including phenoxy) is 2. The molecule has 1 fully saturated rings. The Kier molecular flexibility index (Phi) is 4.70. The summed E-state index contributed by atoms with van der Waals surface area (Å²) in [5, 5.41) is 0. The van der Waals surface area contributed by atoms with Crippen molar-refractivity contribution in [3.8, 4) is 11.5 Å². The third kappa shape index (κ3) is 3.34. The van der Waals surface area contributed by atoms with E-state index in [1.165, 1.54) is 0 Å². The van der Waals surface area contributed by atoms with Crippen molar-refractivity contribution in [3.05, 3.63) is 47.0 Å². The van der Waals surface area contributed by atoms with E-state index in [2.05, 4.69) is 4.98 Å². The standard InChI is InChI=1S/C19H22N4O4/c1-2-21-8-7-20-17(19(21)25)22-9-11-23(12-10-22)18(24)16-13-26-14-5-3-4-6-15(14)27-16/h3-8,16H,2,9-13H2,1H3/t16-/m1/s1. The average molecular weight is 370 g/mol. The molecule has 142 valence electrons. The fourth-order valence-electron chi connectivity index (χ4n) is 3.39. The second-order valence-corrected chi connectivity index (χ2v) is 6.52. The first kappa shape index (κ1) is 17.4. The molecule has 1 aromatic heterocycles. The third-order valence-electron chi connectivity index (χ3n) is 4.91. The van der Waals surface area contributed by atoms with E-state index in [-0.39, 0.29) is 18.1 Å². The van der Waals surface area contributed by atoms with E-state index in [0.29, 0.717) is 50.0 Å². The van der Waals surface area contributed by atoms with Crippen LogP contribution in [0.3, 0.4) is 0 Å². The van der Waals surface area contributed by atoms with E-state index < -0.39 is 6.10 Å². The summed E-state index contributed by atoms with van der Waals surface area (Å²) >= 11 is 0. The van der Waals surface area contributed by atoms with Crippen LogP contribution in [0.5, 0.6) is 11.5 Å². The zero-order valence-corrected chi connectivity index (χ0v) is 15.2. The lowest BCUT2D eigenvalue weighted by Crippen LogP contribution is -2.55. The van der Waals surface area contributed by atoms with Gasteiger partial charge in [0.05, 0.1) is 0 Å². The molecule has 0 spiro atoms. The van der Waals surface area contributed by atoms with E-state index in [0.717, 1.165) is 0 Å². The van der Waals surface area contributed by atoms with Crippen molar-refractivity contribution < 1.29 is 14.3 Å². The van der Waals surface area contributed by atoms with Crippen LogP contribution in [0.2, 0.25) is 0 Å². The van der Waals surface area contributed by atoms with Gasteiger partial charge in [-0.1, -0.05) is 12.1 Å². The number of hydrogen-bond acceptors (Lipinski definition) is 6. The van der Waals surface area contributed by atoms with Gasteiger partial charge in [-0.25, -0.2) is 4.98 Å². The van der Waals surface area contributed by atoms with Gasteiger partial charge in [-0.3, -0.25) is 9.59 Å². The number of carbonyl (C=O) groups excluding carboxylic acids is 1. The lowest BCUT2D eigenvalue weighted by molar-refractivity contribution is -0.141. The summed E-state index contributed by atoms with van der Waals surface area (Å²) in [4.78, 5) is 33.2. The molecular formula is C19H22N4O4. The SMILES string of the molecule is CCn1ccnc(N2CCN(C(=O)[C@H]3COc4ccccc4O3)CC2)c1=O. The third-order valence-corrected chi connectivity index (χ3v) is 4.91. The topological polar surface area (TPSA) is 76.9 Å². The van der Waals surface area contributed by atoms with Crippen molar-refractivity contribution >= 4 is 11.7 Å². The van der Waals surface area contributed by atoms with Crippen molar-refractivity contribution in [2.45, 2.75) is 19.6 Å². The quantitative estimate of drug-likeness (QED) is 0.794. The highest BCUT2D eigenvalue weighted by molar-refractivity contribution is 5.82. The Bertz CT molecular complexity index is 889. The number of benzene rings is 1. The van der Waals surface area contributed by atoms with E-state index in [4.69, 9.17) is 9.47 Å². The zero-order valence-electron chi connectivity index (χ0n) is 15.2. The van der Waals surface area contributed by atoms with Gasteiger partial charge >= 0.3 is 0 Å². The monoisotopic (exact) mass is 370 g/mol. The van der Waals surface area contributed by atoms with Crippen LogP contribution in [-0.2, 0) is 11.3 Å². The van der Waals surface area contributed by atoms with Crippen LogP contribution < -0.4 is 19.9 Å². The zero-order chi connectivity index (χ0) is 18.8. The number of hydrogen-bond donors (Lipinski definition) is 0. The minimum atomic E-state index is -0.640. The number of fused-ring (bicyclic) bond motifs is 1. The molecule has 0 unspecified atom stereocenters. The van der Waals surface area contributed by atoms with Gasteiger partial charge in [0.1, 0.15) is 6.61 Å². The van der Waals surface area contributed by atoms with Crippen LogP contribution in [0, 0.1) is 0 Å². The molecule has 3 heterocycles. The van der Waals surface area contributed by atoms with E-state index >= 15 is 0 Å². The summed E-state index contributed by atoms with van der Waals surface area (Å²) in [7, 11) is 0. The normalized spacial score (nSPS) is 19.1. The molecule has 1 saturated heterocycles. The van der Waals surface area contributed by atoms with Crippen molar-refractivity contribution in [1.82, 2.24) is 14.5 Å². The maximum Gasteiger partial charge on any atom is 0.293 e. The summed E-state index contributed by atoms with van der Waals surface area (Å²) in [6, 6.07) is 7.34. The Hall–Kier alpha value is -3.03.